The molecule has 1 heterocycles. The Kier molecular flexibility index (Phi) is 4.94. The van der Waals surface area contributed by atoms with Crippen molar-refractivity contribution in [2.75, 3.05) is 11.9 Å². The van der Waals surface area contributed by atoms with Crippen molar-refractivity contribution < 1.29 is 18.8 Å². The normalized spacial score (nSPS) is 13.1. The third-order valence-corrected chi connectivity index (χ3v) is 4.34. The molecule has 1 aliphatic heterocycles. The molecule has 0 atom stereocenters. The van der Waals surface area contributed by atoms with Gasteiger partial charge >= 0.3 is 0 Å². The number of nitrogens with one attached hydrogen (secondary N) is 1. The van der Waals surface area contributed by atoms with Crippen molar-refractivity contribution in [1.29, 1.82) is 0 Å². The lowest BCUT2D eigenvalue weighted by atomic mass is 10.1. The Morgan fingerprint density at radius 2 is 1.72 bits per heavy atom. The van der Waals surface area contributed by atoms with Crippen LogP contribution in [-0.2, 0) is 4.79 Å². The van der Waals surface area contributed by atoms with E-state index in [0.29, 0.717) is 23.2 Å². The van der Waals surface area contributed by atoms with Crippen molar-refractivity contribution in [2.24, 2.45) is 0 Å². The lowest BCUT2D eigenvalue weighted by Gasteiger charge is -2.13. The van der Waals surface area contributed by atoms with Gasteiger partial charge in [0.05, 0.1) is 11.1 Å². The van der Waals surface area contributed by atoms with Gasteiger partial charge in [-0.1, -0.05) is 15.9 Å². The van der Waals surface area contributed by atoms with Gasteiger partial charge in [-0.25, -0.2) is 4.39 Å². The van der Waals surface area contributed by atoms with E-state index in [9.17, 15) is 18.8 Å². The molecule has 0 unspecified atom stereocenters. The highest BCUT2D eigenvalue weighted by Crippen LogP contribution is 2.26. The molecule has 0 bridgehead atoms. The molecule has 0 saturated heterocycles. The Labute approximate surface area is 151 Å². The lowest BCUT2D eigenvalue weighted by Crippen LogP contribution is -2.31. The van der Waals surface area contributed by atoms with Crippen molar-refractivity contribution in [2.45, 2.75) is 12.8 Å². The molecule has 25 heavy (non-hydrogen) atoms. The van der Waals surface area contributed by atoms with Crippen LogP contribution >= 0.6 is 15.9 Å². The fourth-order valence-corrected chi connectivity index (χ4v) is 2.98. The Hall–Kier alpha value is -2.54. The van der Waals surface area contributed by atoms with Gasteiger partial charge in [0.15, 0.2) is 0 Å². The smallest absolute Gasteiger partial charge is 0.261 e. The van der Waals surface area contributed by atoms with Crippen molar-refractivity contribution in [3.63, 3.8) is 0 Å². The average Bonchev–Trinajstić information content (AvgIpc) is 2.81. The Morgan fingerprint density at radius 3 is 2.44 bits per heavy atom. The molecule has 0 radical (unpaired) electrons. The van der Waals surface area contributed by atoms with Crippen LogP contribution in [0.4, 0.5) is 10.1 Å². The Morgan fingerprint density at radius 1 is 1.04 bits per heavy atom. The van der Waals surface area contributed by atoms with Gasteiger partial charge in [0.25, 0.3) is 11.8 Å². The number of benzene rings is 2. The van der Waals surface area contributed by atoms with Gasteiger partial charge in [-0.15, -0.1) is 0 Å². The summed E-state index contributed by atoms with van der Waals surface area (Å²) in [6.45, 7) is 0.167. The topological polar surface area (TPSA) is 66.5 Å². The lowest BCUT2D eigenvalue weighted by molar-refractivity contribution is -0.116. The van der Waals surface area contributed by atoms with Crippen LogP contribution in [-0.4, -0.2) is 29.2 Å². The van der Waals surface area contributed by atoms with Gasteiger partial charge in [0.1, 0.15) is 5.82 Å². The van der Waals surface area contributed by atoms with E-state index < -0.39 is 0 Å². The number of amides is 3. The SMILES string of the molecule is O=C(CCCN1C(=O)c2ccc(Br)cc2C1=O)Nc1ccc(F)cc1. The summed E-state index contributed by atoms with van der Waals surface area (Å²) < 4.78 is 13.6. The van der Waals surface area contributed by atoms with E-state index in [0.717, 1.165) is 9.37 Å². The molecule has 7 heteroatoms. The van der Waals surface area contributed by atoms with Crippen LogP contribution in [0.2, 0.25) is 0 Å². The number of halogens is 2. The van der Waals surface area contributed by atoms with Crippen LogP contribution in [0.15, 0.2) is 46.9 Å². The summed E-state index contributed by atoms with van der Waals surface area (Å²) in [4.78, 5) is 37.6. The number of nitrogens with zero attached hydrogens (tertiary/aromatic N) is 1. The number of carbonyl (C=O) groups is 3. The first-order valence-electron chi connectivity index (χ1n) is 7.67. The zero-order valence-corrected chi connectivity index (χ0v) is 14.7. The van der Waals surface area contributed by atoms with Crippen LogP contribution in [0.25, 0.3) is 0 Å². The first-order valence-corrected chi connectivity index (χ1v) is 8.46. The van der Waals surface area contributed by atoms with Crippen molar-refractivity contribution >= 4 is 39.3 Å². The fourth-order valence-electron chi connectivity index (χ4n) is 2.62. The van der Waals surface area contributed by atoms with Crippen LogP contribution < -0.4 is 5.32 Å². The summed E-state index contributed by atoms with van der Waals surface area (Å²) in [5.74, 6) is -1.33. The summed E-state index contributed by atoms with van der Waals surface area (Å²) in [5, 5.41) is 2.64. The second-order valence-corrected chi connectivity index (χ2v) is 6.53. The molecule has 0 spiro atoms. The second kappa shape index (κ2) is 7.14. The highest BCUT2D eigenvalue weighted by molar-refractivity contribution is 9.10. The van der Waals surface area contributed by atoms with Crippen LogP contribution in [0, 0.1) is 5.82 Å². The summed E-state index contributed by atoms with van der Waals surface area (Å²) in [7, 11) is 0. The third kappa shape index (κ3) is 3.76. The molecule has 3 amide bonds. The first kappa shape index (κ1) is 17.3. The summed E-state index contributed by atoms with van der Waals surface area (Å²) in [5.41, 5.74) is 1.25. The third-order valence-electron chi connectivity index (χ3n) is 3.85. The molecule has 0 fully saturated rings. The van der Waals surface area contributed by atoms with Gasteiger partial charge in [-0.2, -0.15) is 0 Å². The van der Waals surface area contributed by atoms with Crippen molar-refractivity contribution in [3.8, 4) is 0 Å². The maximum Gasteiger partial charge on any atom is 0.261 e. The second-order valence-electron chi connectivity index (χ2n) is 5.61. The van der Waals surface area contributed by atoms with Crippen LogP contribution in [0.1, 0.15) is 33.6 Å². The molecule has 0 aliphatic carbocycles. The minimum absolute atomic E-state index is 0.147. The molecule has 128 valence electrons. The van der Waals surface area contributed by atoms with Crippen molar-refractivity contribution in [1.82, 2.24) is 4.90 Å². The van der Waals surface area contributed by atoms with E-state index in [1.54, 1.807) is 18.2 Å². The maximum atomic E-state index is 12.8. The number of imide groups is 1. The number of hydrogen-bond donors (Lipinski definition) is 1. The standard InChI is InChI=1S/C18H14BrFN2O3/c19-11-3-8-14-15(10-11)18(25)22(17(14)24)9-1-2-16(23)21-13-6-4-12(20)5-7-13/h3-8,10H,1-2,9H2,(H,21,23). The van der Waals surface area contributed by atoms with Gasteiger partial charge in [-0.05, 0) is 48.9 Å². The van der Waals surface area contributed by atoms with E-state index in [1.165, 1.54) is 24.3 Å². The van der Waals surface area contributed by atoms with E-state index in [-0.39, 0.29) is 36.5 Å². The molecule has 1 N–H and O–H groups in total. The molecular formula is C18H14BrFN2O3. The number of fused-ring (bicyclic) bond motifs is 1. The molecule has 3 rings (SSSR count). The Bertz CT molecular complexity index is 852. The molecule has 0 saturated carbocycles. The first-order chi connectivity index (χ1) is 12.0. The molecule has 1 aliphatic rings. The zero-order chi connectivity index (χ0) is 18.0. The largest absolute Gasteiger partial charge is 0.326 e. The van der Waals surface area contributed by atoms with E-state index >= 15 is 0 Å². The average molecular weight is 405 g/mol. The summed E-state index contributed by atoms with van der Waals surface area (Å²) in [6, 6.07) is 10.4. The monoisotopic (exact) mass is 404 g/mol. The predicted molar refractivity (Wildman–Crippen MR) is 93.8 cm³/mol. The van der Waals surface area contributed by atoms with E-state index in [4.69, 9.17) is 0 Å². The Balaban J connectivity index is 1.54. The fraction of sp³-hybridized carbons (Fsp3) is 0.167. The van der Waals surface area contributed by atoms with Gasteiger partial charge in [0, 0.05) is 23.1 Å². The predicted octanol–water partition coefficient (Wildman–Crippen LogP) is 3.60. The quantitative estimate of drug-likeness (QED) is 0.774. The molecule has 5 nitrogen and oxygen atoms in total. The van der Waals surface area contributed by atoms with E-state index in [1.807, 2.05) is 0 Å². The summed E-state index contributed by atoms with van der Waals surface area (Å²) in [6.07, 6.45) is 0.494. The molecule has 2 aromatic rings. The number of hydrogen-bond acceptors (Lipinski definition) is 3. The van der Waals surface area contributed by atoms with Crippen LogP contribution in [0.5, 0.6) is 0 Å². The van der Waals surface area contributed by atoms with Gasteiger partial charge in [-0.3, -0.25) is 19.3 Å². The number of rotatable bonds is 5. The minimum atomic E-state index is -0.379. The van der Waals surface area contributed by atoms with E-state index in [2.05, 4.69) is 21.2 Å². The molecular weight excluding hydrogens is 391 g/mol. The highest BCUT2D eigenvalue weighted by atomic mass is 79.9. The molecule has 0 aromatic heterocycles. The maximum absolute atomic E-state index is 12.8. The zero-order valence-electron chi connectivity index (χ0n) is 13.1. The van der Waals surface area contributed by atoms with Crippen LogP contribution in [0.3, 0.4) is 0 Å². The van der Waals surface area contributed by atoms with Gasteiger partial charge < -0.3 is 5.32 Å². The highest BCUT2D eigenvalue weighted by Gasteiger charge is 2.35. The van der Waals surface area contributed by atoms with Gasteiger partial charge in [0.2, 0.25) is 5.91 Å². The van der Waals surface area contributed by atoms with Crippen molar-refractivity contribution in [3.05, 3.63) is 63.9 Å². The number of anilines is 1. The minimum Gasteiger partial charge on any atom is -0.326 e. The summed E-state index contributed by atoms with van der Waals surface area (Å²) >= 11 is 3.28. The number of carbonyl (C=O) groups excluding carboxylic acids is 3. The molecule has 2 aromatic carbocycles.